The minimum atomic E-state index is -4.70. The molecular weight excluding hydrogens is 465 g/mol. The van der Waals surface area contributed by atoms with Crippen LogP contribution >= 0.6 is 11.8 Å². The first kappa shape index (κ1) is 23.1. The SMILES string of the molecule is CCS(=O)(=O)c1cc(SC(C)(F)F)cnc1-n1ncc2ccc(C(F)(F)F)cc2c1=O. The van der Waals surface area contributed by atoms with Crippen molar-refractivity contribution in [1.82, 2.24) is 14.8 Å². The van der Waals surface area contributed by atoms with Crippen LogP contribution in [0.2, 0.25) is 0 Å². The molecule has 0 bridgehead atoms. The molecule has 0 spiro atoms. The van der Waals surface area contributed by atoms with Crippen molar-refractivity contribution in [3.63, 3.8) is 0 Å². The topological polar surface area (TPSA) is 81.9 Å². The van der Waals surface area contributed by atoms with Gasteiger partial charge in [-0.3, -0.25) is 4.79 Å². The Labute approximate surface area is 177 Å². The van der Waals surface area contributed by atoms with Crippen LogP contribution < -0.4 is 5.56 Å². The number of sulfone groups is 1. The number of alkyl halides is 5. The molecule has 0 radical (unpaired) electrons. The third kappa shape index (κ3) is 4.87. The van der Waals surface area contributed by atoms with E-state index in [1.54, 1.807) is 0 Å². The van der Waals surface area contributed by atoms with Gasteiger partial charge in [-0.2, -0.15) is 31.7 Å². The fraction of sp³-hybridized carbons (Fsp3) is 0.278. The fourth-order valence-corrected chi connectivity index (χ4v) is 4.50. The van der Waals surface area contributed by atoms with Crippen molar-refractivity contribution < 1.29 is 30.4 Å². The van der Waals surface area contributed by atoms with Crippen LogP contribution in [0.15, 0.2) is 51.2 Å². The molecule has 0 saturated heterocycles. The molecule has 0 aliphatic rings. The number of benzene rings is 1. The zero-order valence-electron chi connectivity index (χ0n) is 15.9. The summed E-state index contributed by atoms with van der Waals surface area (Å²) in [6.45, 7) is 1.92. The lowest BCUT2D eigenvalue weighted by molar-refractivity contribution is -0.137. The molecule has 6 nitrogen and oxygen atoms in total. The van der Waals surface area contributed by atoms with Crippen molar-refractivity contribution in [2.24, 2.45) is 0 Å². The zero-order valence-corrected chi connectivity index (χ0v) is 17.6. The first-order chi connectivity index (χ1) is 14.2. The lowest BCUT2D eigenvalue weighted by Crippen LogP contribution is -2.25. The van der Waals surface area contributed by atoms with E-state index in [1.807, 2.05) is 0 Å². The summed E-state index contributed by atoms with van der Waals surface area (Å²) in [7, 11) is -4.06. The van der Waals surface area contributed by atoms with E-state index in [4.69, 9.17) is 0 Å². The van der Waals surface area contributed by atoms with E-state index in [1.165, 1.54) is 6.92 Å². The van der Waals surface area contributed by atoms with Gasteiger partial charge in [0.2, 0.25) is 0 Å². The predicted octanol–water partition coefficient (Wildman–Crippen LogP) is 4.30. The Balaban J connectivity index is 2.28. The largest absolute Gasteiger partial charge is 0.416 e. The Bertz CT molecular complexity index is 1320. The number of thioether (sulfide) groups is 1. The van der Waals surface area contributed by atoms with Crippen LogP contribution in [0.5, 0.6) is 0 Å². The molecule has 0 amide bonds. The second kappa shape index (κ2) is 7.86. The van der Waals surface area contributed by atoms with Gasteiger partial charge in [0.15, 0.2) is 15.7 Å². The van der Waals surface area contributed by atoms with Crippen LogP contribution in [-0.4, -0.2) is 34.2 Å². The van der Waals surface area contributed by atoms with Crippen LogP contribution in [0, 0.1) is 0 Å². The van der Waals surface area contributed by atoms with Crippen LogP contribution in [0.25, 0.3) is 16.6 Å². The van der Waals surface area contributed by atoms with Crippen LogP contribution in [0.1, 0.15) is 19.4 Å². The molecule has 0 fully saturated rings. The van der Waals surface area contributed by atoms with Gasteiger partial charge in [0.25, 0.3) is 10.8 Å². The number of halogens is 5. The molecule has 3 aromatic rings. The highest BCUT2D eigenvalue weighted by molar-refractivity contribution is 8.00. The highest BCUT2D eigenvalue weighted by Gasteiger charge is 2.31. The molecule has 166 valence electrons. The number of aromatic nitrogens is 3. The summed E-state index contributed by atoms with van der Waals surface area (Å²) in [5.74, 6) is -0.922. The van der Waals surface area contributed by atoms with E-state index in [0.717, 1.165) is 30.6 Å². The van der Waals surface area contributed by atoms with Gasteiger partial charge in [-0.15, -0.1) is 0 Å². The molecule has 3 rings (SSSR count). The van der Waals surface area contributed by atoms with E-state index in [0.29, 0.717) is 17.7 Å². The Morgan fingerprint density at radius 1 is 1.10 bits per heavy atom. The van der Waals surface area contributed by atoms with E-state index in [2.05, 4.69) is 10.1 Å². The van der Waals surface area contributed by atoms with Crippen molar-refractivity contribution in [2.75, 3.05) is 5.75 Å². The van der Waals surface area contributed by atoms with Crippen molar-refractivity contribution >= 4 is 32.4 Å². The average molecular weight is 479 g/mol. The third-order valence-electron chi connectivity index (χ3n) is 4.14. The van der Waals surface area contributed by atoms with Gasteiger partial charge in [-0.05, 0) is 18.2 Å². The molecule has 2 heterocycles. The Morgan fingerprint density at radius 3 is 2.35 bits per heavy atom. The average Bonchev–Trinajstić information content (AvgIpc) is 2.66. The molecule has 13 heteroatoms. The lowest BCUT2D eigenvalue weighted by atomic mass is 10.1. The molecule has 1 aromatic carbocycles. The lowest BCUT2D eigenvalue weighted by Gasteiger charge is -2.14. The standard InChI is InChI=1S/C18H14F5N3O3S2/c1-3-31(28,29)14-7-12(30-17(2,19)20)9-24-15(14)26-16(27)13-6-11(18(21,22)23)5-4-10(13)8-25-26/h4-9H,3H2,1-2H3. The molecule has 0 unspecified atom stereocenters. The predicted molar refractivity (Wildman–Crippen MR) is 104 cm³/mol. The molecule has 0 saturated carbocycles. The van der Waals surface area contributed by atoms with Gasteiger partial charge in [0, 0.05) is 23.4 Å². The number of rotatable bonds is 5. The van der Waals surface area contributed by atoms with Gasteiger partial charge in [0.05, 0.1) is 22.9 Å². The van der Waals surface area contributed by atoms with Crippen molar-refractivity contribution in [3.8, 4) is 5.82 Å². The number of nitrogens with zero attached hydrogens (tertiary/aromatic N) is 3. The highest BCUT2D eigenvalue weighted by atomic mass is 32.2. The summed E-state index contributed by atoms with van der Waals surface area (Å²) in [5.41, 5.74) is -2.11. The maximum atomic E-state index is 13.3. The maximum Gasteiger partial charge on any atom is 0.416 e. The molecule has 2 aromatic heterocycles. The third-order valence-corrected chi connectivity index (χ3v) is 6.68. The molecule has 0 atom stereocenters. The van der Waals surface area contributed by atoms with E-state index >= 15 is 0 Å². The smallest absolute Gasteiger partial charge is 0.267 e. The summed E-state index contributed by atoms with van der Waals surface area (Å²) < 4.78 is 91.4. The Kier molecular flexibility index (Phi) is 5.86. The van der Waals surface area contributed by atoms with E-state index < -0.39 is 48.9 Å². The fourth-order valence-electron chi connectivity index (χ4n) is 2.69. The summed E-state index contributed by atoms with van der Waals surface area (Å²) in [5, 5.41) is 0.350. The quantitative estimate of drug-likeness (QED) is 0.401. The molecule has 0 aliphatic carbocycles. The van der Waals surface area contributed by atoms with Crippen LogP contribution in [0.4, 0.5) is 22.0 Å². The second-order valence-electron chi connectivity index (χ2n) is 6.47. The summed E-state index contributed by atoms with van der Waals surface area (Å²) in [4.78, 5) is 16.0. The van der Waals surface area contributed by atoms with Crippen molar-refractivity contribution in [1.29, 1.82) is 0 Å². The summed E-state index contributed by atoms with van der Waals surface area (Å²) >= 11 is 0.0638. The maximum absolute atomic E-state index is 13.3. The molecular formula is C18H14F5N3O3S2. The van der Waals surface area contributed by atoms with Gasteiger partial charge in [-0.1, -0.05) is 24.8 Å². The first-order valence-corrected chi connectivity index (χ1v) is 11.1. The van der Waals surface area contributed by atoms with E-state index in [-0.39, 0.29) is 27.4 Å². The second-order valence-corrected chi connectivity index (χ2v) is 10.1. The number of hydrogen-bond acceptors (Lipinski definition) is 6. The zero-order chi connectivity index (χ0) is 23.2. The van der Waals surface area contributed by atoms with Gasteiger partial charge >= 0.3 is 6.18 Å². The molecule has 31 heavy (non-hydrogen) atoms. The normalized spacial score (nSPS) is 13.0. The van der Waals surface area contributed by atoms with Crippen molar-refractivity contribution in [2.45, 2.75) is 35.1 Å². The highest BCUT2D eigenvalue weighted by Crippen LogP contribution is 2.36. The van der Waals surface area contributed by atoms with Crippen LogP contribution in [-0.2, 0) is 16.0 Å². The Morgan fingerprint density at radius 2 is 1.77 bits per heavy atom. The molecule has 0 aliphatic heterocycles. The molecule has 0 N–H and O–H groups in total. The Hall–Kier alpha value is -2.54. The van der Waals surface area contributed by atoms with E-state index in [9.17, 15) is 35.2 Å². The van der Waals surface area contributed by atoms with Crippen molar-refractivity contribution in [3.05, 3.63) is 52.6 Å². The summed E-state index contributed by atoms with van der Waals surface area (Å²) in [6, 6.07) is 3.42. The minimum absolute atomic E-state index is 0.0638. The number of pyridine rings is 1. The van der Waals surface area contributed by atoms with Gasteiger partial charge in [0.1, 0.15) is 4.90 Å². The van der Waals surface area contributed by atoms with Gasteiger partial charge in [-0.25, -0.2) is 13.4 Å². The monoisotopic (exact) mass is 479 g/mol. The van der Waals surface area contributed by atoms with Gasteiger partial charge < -0.3 is 0 Å². The number of hydrogen-bond donors (Lipinski definition) is 0. The summed E-state index contributed by atoms with van der Waals surface area (Å²) in [6.07, 6.45) is -2.67. The minimum Gasteiger partial charge on any atom is -0.267 e. The number of fused-ring (bicyclic) bond motifs is 1. The van der Waals surface area contributed by atoms with Crippen LogP contribution in [0.3, 0.4) is 0 Å². The first-order valence-electron chi connectivity index (χ1n) is 8.62.